The summed E-state index contributed by atoms with van der Waals surface area (Å²) in [5, 5.41) is 14.0. The van der Waals surface area contributed by atoms with Gasteiger partial charge in [-0.1, -0.05) is 0 Å². The minimum absolute atomic E-state index is 0.0454. The Balaban J connectivity index is 2.27. The van der Waals surface area contributed by atoms with Gasteiger partial charge in [0.15, 0.2) is 0 Å². The first-order chi connectivity index (χ1) is 6.99. The molecule has 0 unspecified atom stereocenters. The van der Waals surface area contributed by atoms with Gasteiger partial charge in [0, 0.05) is 18.0 Å². The Kier molecular flexibility index (Phi) is 3.68. The van der Waals surface area contributed by atoms with Crippen molar-refractivity contribution in [2.24, 2.45) is 5.41 Å². The number of hydrogen-bond acceptors (Lipinski definition) is 3. The maximum Gasteiger partial charge on any atom is 0.309 e. The molecule has 1 fully saturated rings. The zero-order valence-corrected chi connectivity index (χ0v) is 9.17. The molecule has 1 aliphatic carbocycles. The molecule has 0 saturated heterocycles. The molecule has 5 heteroatoms. The molecule has 2 amide bonds. The molecule has 0 aromatic heterocycles. The van der Waals surface area contributed by atoms with Crippen molar-refractivity contribution >= 4 is 11.8 Å². The Labute approximate surface area is 89.2 Å². The summed E-state index contributed by atoms with van der Waals surface area (Å²) in [6.07, 6.45) is 1.82. The van der Waals surface area contributed by atoms with Crippen LogP contribution < -0.4 is 10.6 Å². The van der Waals surface area contributed by atoms with Gasteiger partial charge in [0.1, 0.15) is 0 Å². The van der Waals surface area contributed by atoms with Crippen molar-refractivity contribution in [3.8, 4) is 0 Å². The van der Waals surface area contributed by atoms with Crippen LogP contribution in [0.25, 0.3) is 0 Å². The first-order valence-electron chi connectivity index (χ1n) is 5.19. The molecule has 0 radical (unpaired) electrons. The third-order valence-corrected chi connectivity index (χ3v) is 2.54. The largest absolute Gasteiger partial charge is 0.396 e. The number of amides is 2. The molecular weight excluding hydrogens is 196 g/mol. The Morgan fingerprint density at radius 2 is 1.93 bits per heavy atom. The van der Waals surface area contributed by atoms with E-state index in [9.17, 15) is 9.59 Å². The lowest BCUT2D eigenvalue weighted by atomic mass is 10.1. The Hall–Kier alpha value is -1.10. The molecule has 5 nitrogen and oxygen atoms in total. The zero-order valence-electron chi connectivity index (χ0n) is 9.17. The maximum atomic E-state index is 11.3. The monoisotopic (exact) mass is 214 g/mol. The number of hydrogen-bond donors (Lipinski definition) is 3. The van der Waals surface area contributed by atoms with Crippen LogP contribution in [-0.2, 0) is 9.59 Å². The fourth-order valence-corrected chi connectivity index (χ4v) is 1.24. The van der Waals surface area contributed by atoms with Gasteiger partial charge in [-0.2, -0.15) is 0 Å². The first-order valence-corrected chi connectivity index (χ1v) is 5.19. The highest BCUT2D eigenvalue weighted by molar-refractivity contribution is 6.35. The summed E-state index contributed by atoms with van der Waals surface area (Å²) in [6, 6.07) is -0.0454. The molecule has 0 heterocycles. The van der Waals surface area contributed by atoms with Crippen LogP contribution in [0.15, 0.2) is 0 Å². The second-order valence-electron chi connectivity index (χ2n) is 4.47. The zero-order chi connectivity index (χ0) is 11.5. The first kappa shape index (κ1) is 12.0. The third kappa shape index (κ3) is 3.51. The van der Waals surface area contributed by atoms with Gasteiger partial charge in [-0.05, 0) is 26.7 Å². The van der Waals surface area contributed by atoms with E-state index in [0.717, 1.165) is 12.8 Å². The van der Waals surface area contributed by atoms with Crippen molar-refractivity contribution in [3.63, 3.8) is 0 Å². The van der Waals surface area contributed by atoms with E-state index >= 15 is 0 Å². The fourth-order valence-electron chi connectivity index (χ4n) is 1.24. The predicted octanol–water partition coefficient (Wildman–Crippen LogP) is -0.600. The number of carbonyl (C=O) groups is 2. The quantitative estimate of drug-likeness (QED) is 0.547. The number of rotatable bonds is 4. The van der Waals surface area contributed by atoms with E-state index in [-0.39, 0.29) is 18.1 Å². The average molecular weight is 214 g/mol. The number of aliphatic hydroxyl groups is 1. The summed E-state index contributed by atoms with van der Waals surface area (Å²) in [5.41, 5.74) is -0.159. The van der Waals surface area contributed by atoms with Crippen LogP contribution in [0.4, 0.5) is 0 Å². The predicted molar refractivity (Wildman–Crippen MR) is 55.0 cm³/mol. The Morgan fingerprint density at radius 1 is 1.33 bits per heavy atom. The van der Waals surface area contributed by atoms with Crippen LogP contribution in [0.2, 0.25) is 0 Å². The lowest BCUT2D eigenvalue weighted by Crippen LogP contribution is -2.44. The summed E-state index contributed by atoms with van der Waals surface area (Å²) >= 11 is 0. The highest BCUT2D eigenvalue weighted by Crippen LogP contribution is 2.44. The topological polar surface area (TPSA) is 78.4 Å². The van der Waals surface area contributed by atoms with Crippen molar-refractivity contribution in [3.05, 3.63) is 0 Å². The van der Waals surface area contributed by atoms with Gasteiger partial charge >= 0.3 is 11.8 Å². The van der Waals surface area contributed by atoms with Crippen LogP contribution >= 0.6 is 0 Å². The Bertz CT molecular complexity index is 259. The van der Waals surface area contributed by atoms with Crippen LogP contribution in [0.5, 0.6) is 0 Å². The van der Waals surface area contributed by atoms with E-state index in [4.69, 9.17) is 5.11 Å². The summed E-state index contributed by atoms with van der Waals surface area (Å²) in [4.78, 5) is 22.5. The molecule has 86 valence electrons. The van der Waals surface area contributed by atoms with Crippen LogP contribution in [-0.4, -0.2) is 36.1 Å². The van der Waals surface area contributed by atoms with Gasteiger partial charge in [0.2, 0.25) is 0 Å². The van der Waals surface area contributed by atoms with Crippen LogP contribution in [0, 0.1) is 5.41 Å². The van der Waals surface area contributed by atoms with Gasteiger partial charge < -0.3 is 15.7 Å². The van der Waals surface area contributed by atoms with Gasteiger partial charge in [-0.3, -0.25) is 9.59 Å². The molecule has 15 heavy (non-hydrogen) atoms. The van der Waals surface area contributed by atoms with E-state index in [1.54, 1.807) is 13.8 Å². The molecule has 0 spiro atoms. The third-order valence-electron chi connectivity index (χ3n) is 2.54. The van der Waals surface area contributed by atoms with Gasteiger partial charge in [-0.15, -0.1) is 0 Å². The van der Waals surface area contributed by atoms with Crippen molar-refractivity contribution < 1.29 is 14.7 Å². The molecule has 1 saturated carbocycles. The van der Waals surface area contributed by atoms with Crippen LogP contribution in [0.3, 0.4) is 0 Å². The van der Waals surface area contributed by atoms with E-state index in [1.807, 2.05) is 0 Å². The molecule has 1 rings (SSSR count). The molecule has 3 N–H and O–H groups in total. The van der Waals surface area contributed by atoms with Gasteiger partial charge in [-0.25, -0.2) is 0 Å². The average Bonchev–Trinajstić information content (AvgIpc) is 2.94. The van der Waals surface area contributed by atoms with Crippen molar-refractivity contribution in [2.45, 2.75) is 32.7 Å². The number of aliphatic hydroxyl groups excluding tert-OH is 1. The summed E-state index contributed by atoms with van der Waals surface area (Å²) in [5.74, 6) is -1.23. The second kappa shape index (κ2) is 4.61. The van der Waals surface area contributed by atoms with Crippen molar-refractivity contribution in [2.75, 3.05) is 13.2 Å². The lowest BCUT2D eigenvalue weighted by Gasteiger charge is -2.13. The van der Waals surface area contributed by atoms with Crippen molar-refractivity contribution in [1.29, 1.82) is 0 Å². The minimum atomic E-state index is -0.622. The highest BCUT2D eigenvalue weighted by atomic mass is 16.3. The maximum absolute atomic E-state index is 11.3. The van der Waals surface area contributed by atoms with E-state index in [1.165, 1.54) is 0 Å². The van der Waals surface area contributed by atoms with E-state index < -0.39 is 11.8 Å². The normalized spacial score (nSPS) is 17.3. The summed E-state index contributed by atoms with van der Waals surface area (Å²) in [7, 11) is 0. The fraction of sp³-hybridized carbons (Fsp3) is 0.800. The second-order valence-corrected chi connectivity index (χ2v) is 4.47. The Morgan fingerprint density at radius 3 is 2.33 bits per heavy atom. The molecule has 0 atom stereocenters. The molecule has 1 aliphatic rings. The lowest BCUT2D eigenvalue weighted by molar-refractivity contribution is -0.139. The molecule has 0 bridgehead atoms. The SMILES string of the molecule is CC(C)NC(=O)C(=O)NCC1(CO)CC1. The van der Waals surface area contributed by atoms with Gasteiger partial charge in [0.05, 0.1) is 6.61 Å². The minimum Gasteiger partial charge on any atom is -0.396 e. The highest BCUT2D eigenvalue weighted by Gasteiger charge is 2.42. The number of nitrogens with one attached hydrogen (secondary N) is 2. The van der Waals surface area contributed by atoms with Crippen LogP contribution in [0.1, 0.15) is 26.7 Å². The molecule has 0 aromatic carbocycles. The van der Waals surface area contributed by atoms with E-state index in [0.29, 0.717) is 6.54 Å². The summed E-state index contributed by atoms with van der Waals surface area (Å²) in [6.45, 7) is 4.04. The molecular formula is C10H18N2O3. The summed E-state index contributed by atoms with van der Waals surface area (Å²) < 4.78 is 0. The molecule has 0 aromatic rings. The van der Waals surface area contributed by atoms with Crippen molar-refractivity contribution in [1.82, 2.24) is 10.6 Å². The molecule has 0 aliphatic heterocycles. The standard InChI is InChI=1S/C10H18N2O3/c1-7(2)12-9(15)8(14)11-5-10(6-13)3-4-10/h7,13H,3-6H2,1-2H3,(H,11,14)(H,12,15). The number of carbonyl (C=O) groups excluding carboxylic acids is 2. The van der Waals surface area contributed by atoms with Gasteiger partial charge in [0.25, 0.3) is 0 Å². The smallest absolute Gasteiger partial charge is 0.309 e. The van der Waals surface area contributed by atoms with E-state index in [2.05, 4.69) is 10.6 Å².